The molecule has 0 amide bonds. The van der Waals surface area contributed by atoms with Crippen molar-refractivity contribution in [2.45, 2.75) is 0 Å². The molecule has 7 aromatic carbocycles. The summed E-state index contributed by atoms with van der Waals surface area (Å²) in [4.78, 5) is 2.30. The number of hydrogen-bond donors (Lipinski definition) is 0. The molecule has 2 heteroatoms. The van der Waals surface area contributed by atoms with Gasteiger partial charge in [0.2, 0.25) is 0 Å². The van der Waals surface area contributed by atoms with Crippen molar-refractivity contribution in [2.24, 2.45) is 0 Å². The van der Waals surface area contributed by atoms with E-state index in [1.165, 1.54) is 49.4 Å². The Balaban J connectivity index is 1.23. The van der Waals surface area contributed by atoms with Crippen LogP contribution in [-0.2, 0) is 0 Å². The molecule has 0 saturated heterocycles. The average Bonchev–Trinajstić information content (AvgIpc) is 3.40. The lowest BCUT2D eigenvalue weighted by Crippen LogP contribution is -2.09. The fourth-order valence-electron chi connectivity index (χ4n) is 6.15. The normalized spacial score (nSPS) is 11.3. The maximum Gasteiger partial charge on any atom is 0.0541 e. The van der Waals surface area contributed by atoms with E-state index in [0.29, 0.717) is 0 Å². The molecule has 198 valence electrons. The Morgan fingerprint density at radius 2 is 0.929 bits per heavy atom. The van der Waals surface area contributed by atoms with Crippen molar-refractivity contribution in [2.75, 3.05) is 4.90 Å². The number of aromatic nitrogens is 1. The molecular formula is C40H28N2. The molecule has 0 saturated carbocycles. The molecule has 8 rings (SSSR count). The van der Waals surface area contributed by atoms with Crippen LogP contribution in [0.25, 0.3) is 49.4 Å². The lowest BCUT2D eigenvalue weighted by Gasteiger charge is -2.25. The van der Waals surface area contributed by atoms with Crippen LogP contribution >= 0.6 is 0 Å². The van der Waals surface area contributed by atoms with Gasteiger partial charge in [-0.25, -0.2) is 0 Å². The van der Waals surface area contributed by atoms with Crippen LogP contribution in [0.4, 0.5) is 17.1 Å². The highest BCUT2D eigenvalue weighted by atomic mass is 15.1. The van der Waals surface area contributed by atoms with E-state index in [9.17, 15) is 0 Å². The van der Waals surface area contributed by atoms with Gasteiger partial charge in [-0.05, 0) is 88.6 Å². The van der Waals surface area contributed by atoms with Crippen molar-refractivity contribution < 1.29 is 0 Å². The lowest BCUT2D eigenvalue weighted by molar-refractivity contribution is 1.19. The van der Waals surface area contributed by atoms with Crippen LogP contribution in [0.2, 0.25) is 0 Å². The monoisotopic (exact) mass is 536 g/mol. The maximum absolute atomic E-state index is 2.39. The predicted octanol–water partition coefficient (Wildman–Crippen LogP) is 11.1. The van der Waals surface area contributed by atoms with E-state index < -0.39 is 0 Å². The van der Waals surface area contributed by atoms with E-state index >= 15 is 0 Å². The van der Waals surface area contributed by atoms with E-state index in [1.54, 1.807) is 0 Å². The first kappa shape index (κ1) is 24.2. The summed E-state index contributed by atoms with van der Waals surface area (Å²) in [7, 11) is 0. The van der Waals surface area contributed by atoms with E-state index in [1.807, 2.05) is 0 Å². The summed E-state index contributed by atoms with van der Waals surface area (Å²) in [5.74, 6) is 0. The highest BCUT2D eigenvalue weighted by molar-refractivity contribution is 6.10. The van der Waals surface area contributed by atoms with Crippen LogP contribution in [0.15, 0.2) is 170 Å². The molecule has 42 heavy (non-hydrogen) atoms. The summed E-state index contributed by atoms with van der Waals surface area (Å²) >= 11 is 0. The summed E-state index contributed by atoms with van der Waals surface area (Å²) in [5, 5.41) is 5.03. The van der Waals surface area contributed by atoms with Gasteiger partial charge in [0.1, 0.15) is 0 Å². The number of anilines is 3. The van der Waals surface area contributed by atoms with Gasteiger partial charge in [-0.3, -0.25) is 0 Å². The third-order valence-corrected chi connectivity index (χ3v) is 8.15. The van der Waals surface area contributed by atoms with Gasteiger partial charge in [0.15, 0.2) is 0 Å². The topological polar surface area (TPSA) is 8.17 Å². The standard InChI is InChI=1S/C40H28N2/c1-3-13-33(14-4-1)41(34-15-5-2-6-16-34)35-23-19-30(20-24-35)32-22-26-40-38(28-32)37-17-9-10-18-39(37)42(40)36-25-21-29-11-7-8-12-31(29)27-36/h1-28H. The number of benzene rings is 7. The van der Waals surface area contributed by atoms with Crippen LogP contribution in [0.1, 0.15) is 0 Å². The van der Waals surface area contributed by atoms with E-state index in [2.05, 4.69) is 179 Å². The van der Waals surface area contributed by atoms with Gasteiger partial charge in [-0.2, -0.15) is 0 Å². The van der Waals surface area contributed by atoms with E-state index in [-0.39, 0.29) is 0 Å². The summed E-state index contributed by atoms with van der Waals surface area (Å²) in [6.45, 7) is 0. The van der Waals surface area contributed by atoms with Crippen molar-refractivity contribution >= 4 is 49.6 Å². The summed E-state index contributed by atoms with van der Waals surface area (Å²) in [6, 6.07) is 60.9. The molecule has 0 N–H and O–H groups in total. The second kappa shape index (κ2) is 10.1. The van der Waals surface area contributed by atoms with Gasteiger partial charge >= 0.3 is 0 Å². The predicted molar refractivity (Wildman–Crippen MR) is 178 cm³/mol. The Kier molecular flexibility index (Phi) is 5.82. The smallest absolute Gasteiger partial charge is 0.0541 e. The zero-order chi connectivity index (χ0) is 27.9. The molecule has 0 fully saturated rings. The minimum Gasteiger partial charge on any atom is -0.311 e. The number of para-hydroxylation sites is 3. The van der Waals surface area contributed by atoms with Gasteiger partial charge in [0.05, 0.1) is 11.0 Å². The Labute approximate surface area is 245 Å². The fourth-order valence-corrected chi connectivity index (χ4v) is 6.15. The van der Waals surface area contributed by atoms with Crippen LogP contribution in [-0.4, -0.2) is 4.57 Å². The summed E-state index contributed by atoms with van der Waals surface area (Å²) in [6.07, 6.45) is 0. The van der Waals surface area contributed by atoms with Gasteiger partial charge in [0, 0.05) is 33.5 Å². The molecule has 0 unspecified atom stereocenters. The molecule has 8 aromatic rings. The minimum absolute atomic E-state index is 1.13. The Bertz CT molecular complexity index is 2140. The lowest BCUT2D eigenvalue weighted by atomic mass is 10.0. The highest BCUT2D eigenvalue weighted by Crippen LogP contribution is 2.38. The van der Waals surface area contributed by atoms with Crippen LogP contribution in [0.3, 0.4) is 0 Å². The van der Waals surface area contributed by atoms with Gasteiger partial charge < -0.3 is 9.47 Å². The number of rotatable bonds is 5. The minimum atomic E-state index is 1.13. The first-order chi connectivity index (χ1) is 20.8. The largest absolute Gasteiger partial charge is 0.311 e. The summed E-state index contributed by atoms with van der Waals surface area (Å²) < 4.78 is 2.39. The van der Waals surface area contributed by atoms with Crippen molar-refractivity contribution in [3.8, 4) is 16.8 Å². The number of hydrogen-bond acceptors (Lipinski definition) is 1. The number of nitrogens with zero attached hydrogens (tertiary/aromatic N) is 2. The van der Waals surface area contributed by atoms with Crippen LogP contribution < -0.4 is 4.90 Å². The third kappa shape index (κ3) is 4.13. The SMILES string of the molecule is c1ccc(N(c2ccccc2)c2ccc(-c3ccc4c(c3)c3ccccc3n4-c3ccc4ccccc4c3)cc2)cc1. The summed E-state index contributed by atoms with van der Waals surface area (Å²) in [5.41, 5.74) is 9.43. The second-order valence-electron chi connectivity index (χ2n) is 10.7. The Hall–Kier alpha value is -5.60. The average molecular weight is 537 g/mol. The maximum atomic E-state index is 2.39. The molecule has 0 spiro atoms. The molecule has 0 bridgehead atoms. The molecule has 0 aliphatic carbocycles. The zero-order valence-electron chi connectivity index (χ0n) is 23.1. The quantitative estimate of drug-likeness (QED) is 0.212. The molecular weight excluding hydrogens is 508 g/mol. The first-order valence-corrected chi connectivity index (χ1v) is 14.4. The Morgan fingerprint density at radius 1 is 0.357 bits per heavy atom. The molecule has 1 aromatic heterocycles. The van der Waals surface area contributed by atoms with Gasteiger partial charge in [0.25, 0.3) is 0 Å². The van der Waals surface area contributed by atoms with Crippen molar-refractivity contribution in [3.05, 3.63) is 170 Å². The molecule has 0 radical (unpaired) electrons. The van der Waals surface area contributed by atoms with E-state index in [0.717, 1.165) is 17.1 Å². The third-order valence-electron chi connectivity index (χ3n) is 8.15. The Morgan fingerprint density at radius 3 is 1.67 bits per heavy atom. The van der Waals surface area contributed by atoms with Crippen molar-refractivity contribution in [3.63, 3.8) is 0 Å². The van der Waals surface area contributed by atoms with Gasteiger partial charge in [-0.1, -0.05) is 103 Å². The number of fused-ring (bicyclic) bond motifs is 4. The van der Waals surface area contributed by atoms with Crippen LogP contribution in [0, 0.1) is 0 Å². The molecule has 0 aliphatic heterocycles. The second-order valence-corrected chi connectivity index (χ2v) is 10.7. The molecule has 0 atom stereocenters. The fraction of sp³-hybridized carbons (Fsp3) is 0. The zero-order valence-corrected chi connectivity index (χ0v) is 23.1. The van der Waals surface area contributed by atoms with Crippen LogP contribution in [0.5, 0.6) is 0 Å². The van der Waals surface area contributed by atoms with Crippen molar-refractivity contribution in [1.29, 1.82) is 0 Å². The molecule has 2 nitrogen and oxygen atoms in total. The first-order valence-electron chi connectivity index (χ1n) is 14.4. The molecule has 1 heterocycles. The van der Waals surface area contributed by atoms with Crippen molar-refractivity contribution in [1.82, 2.24) is 4.57 Å². The highest BCUT2D eigenvalue weighted by Gasteiger charge is 2.15. The van der Waals surface area contributed by atoms with E-state index in [4.69, 9.17) is 0 Å². The van der Waals surface area contributed by atoms with Gasteiger partial charge in [-0.15, -0.1) is 0 Å². The molecule has 0 aliphatic rings.